The van der Waals surface area contributed by atoms with Gasteiger partial charge in [-0.1, -0.05) is 17.9 Å². The smallest absolute Gasteiger partial charge is 0.280 e. The summed E-state index contributed by atoms with van der Waals surface area (Å²) in [5, 5.41) is 11.7. The normalized spacial score (nSPS) is 11.1. The topological polar surface area (TPSA) is 280 Å². The zero-order valence-electron chi connectivity index (χ0n) is 38.5. The van der Waals surface area contributed by atoms with Crippen LogP contribution >= 0.6 is 0 Å². The van der Waals surface area contributed by atoms with Crippen molar-refractivity contribution in [2.45, 2.75) is 31.3 Å². The van der Waals surface area contributed by atoms with Crippen molar-refractivity contribution in [1.82, 2.24) is 35.9 Å². The highest BCUT2D eigenvalue weighted by Crippen LogP contribution is 2.13. The van der Waals surface area contributed by atoms with Crippen LogP contribution in [0, 0.1) is 24.7 Å². The minimum Gasteiger partial charge on any atom is -0.379 e. The van der Waals surface area contributed by atoms with Crippen molar-refractivity contribution in [3.8, 4) is 24.7 Å². The molecule has 0 bridgehead atoms. The Kier molecular flexibility index (Phi) is 29.1. The Hall–Kier alpha value is -6.05. The molecule has 3 amide bonds. The molecule has 1 aromatic carbocycles. The van der Waals surface area contributed by atoms with Gasteiger partial charge < -0.3 is 69.6 Å². The molecule has 0 atom stereocenters. The van der Waals surface area contributed by atoms with Gasteiger partial charge in [-0.15, -0.1) is 19.4 Å². The van der Waals surface area contributed by atoms with Gasteiger partial charge in [0, 0.05) is 37.2 Å². The Labute approximate surface area is 396 Å². The number of rotatable bonds is 40. The van der Waals surface area contributed by atoms with Crippen molar-refractivity contribution >= 4 is 40.5 Å². The number of anilines is 2. The molecule has 68 heavy (non-hydrogen) atoms. The van der Waals surface area contributed by atoms with Crippen molar-refractivity contribution in [2.24, 2.45) is 0 Å². The van der Waals surface area contributed by atoms with E-state index in [1.54, 1.807) is 30.3 Å². The predicted molar refractivity (Wildman–Crippen MR) is 251 cm³/mol. The molecule has 22 nitrogen and oxygen atoms in total. The number of fused-ring (bicyclic) bond motifs is 1. The van der Waals surface area contributed by atoms with E-state index < -0.39 is 11.1 Å². The first kappa shape index (κ1) is 56.3. The third kappa shape index (κ3) is 24.6. The molecule has 7 N–H and O–H groups in total. The largest absolute Gasteiger partial charge is 0.379 e. The number of terminal acetylenes is 2. The lowest BCUT2D eigenvalue weighted by Crippen LogP contribution is -2.58. The number of aromatic nitrogens is 4. The first-order chi connectivity index (χ1) is 33.2. The van der Waals surface area contributed by atoms with Gasteiger partial charge in [0.25, 0.3) is 11.5 Å². The number of carbonyl (C=O) groups is 3. The van der Waals surface area contributed by atoms with E-state index in [2.05, 4.69) is 59.6 Å². The maximum Gasteiger partial charge on any atom is 0.280 e. The summed E-state index contributed by atoms with van der Waals surface area (Å²) in [5.74, 6) is 4.10. The lowest BCUT2D eigenvalue weighted by molar-refractivity contribution is -0.128. The molecule has 372 valence electrons. The Bertz CT molecular complexity index is 2060. The highest BCUT2D eigenvalue weighted by molar-refractivity contribution is 5.94. The number of carbonyl (C=O) groups excluding carboxylic acids is 3. The van der Waals surface area contributed by atoms with E-state index in [0.717, 1.165) is 5.69 Å². The van der Waals surface area contributed by atoms with Gasteiger partial charge in [-0.25, -0.2) is 9.97 Å². The first-order valence-electron chi connectivity index (χ1n) is 22.1. The van der Waals surface area contributed by atoms with Crippen molar-refractivity contribution in [3.63, 3.8) is 0 Å². The fourth-order valence-electron chi connectivity index (χ4n) is 5.80. The van der Waals surface area contributed by atoms with E-state index in [1.165, 1.54) is 6.20 Å². The summed E-state index contributed by atoms with van der Waals surface area (Å²) in [6.07, 6.45) is 14.5. The van der Waals surface area contributed by atoms with Crippen LogP contribution in [0.25, 0.3) is 11.2 Å². The lowest BCUT2D eigenvalue weighted by atomic mass is 10.0. The van der Waals surface area contributed by atoms with E-state index in [9.17, 15) is 19.2 Å². The molecule has 0 spiro atoms. The molecule has 3 aromatic rings. The molecule has 0 fully saturated rings. The lowest BCUT2D eigenvalue weighted by Gasteiger charge is -2.33. The van der Waals surface area contributed by atoms with Crippen LogP contribution in [0.15, 0.2) is 47.9 Å². The van der Waals surface area contributed by atoms with E-state index >= 15 is 0 Å². The maximum absolute atomic E-state index is 12.7. The number of benzene rings is 1. The highest BCUT2D eigenvalue weighted by Gasteiger charge is 2.33. The number of H-pyrrole nitrogens is 1. The van der Waals surface area contributed by atoms with Gasteiger partial charge >= 0.3 is 0 Å². The maximum atomic E-state index is 12.7. The van der Waals surface area contributed by atoms with Gasteiger partial charge in [-0.3, -0.25) is 24.2 Å². The number of amides is 3. The van der Waals surface area contributed by atoms with Crippen LogP contribution in [0.3, 0.4) is 0 Å². The third-order valence-electron chi connectivity index (χ3n) is 9.02. The van der Waals surface area contributed by atoms with Gasteiger partial charge in [-0.05, 0) is 30.7 Å². The Morgan fingerprint density at radius 2 is 1.29 bits per heavy atom. The van der Waals surface area contributed by atoms with Gasteiger partial charge in [0.15, 0.2) is 11.2 Å². The van der Waals surface area contributed by atoms with Gasteiger partial charge in [0.05, 0.1) is 124 Å². The molecule has 2 heterocycles. The molecule has 0 saturated carbocycles. The van der Waals surface area contributed by atoms with Crippen LogP contribution in [-0.2, 0) is 58.8 Å². The molecule has 3 rings (SSSR count). The number of ether oxygens (including phenoxy) is 9. The average molecular weight is 952 g/mol. The number of nitrogens with one attached hydrogen (secondary N) is 5. The summed E-state index contributed by atoms with van der Waals surface area (Å²) >= 11 is 0. The molecule has 22 heteroatoms. The van der Waals surface area contributed by atoms with Crippen molar-refractivity contribution < 1.29 is 57.0 Å². The van der Waals surface area contributed by atoms with Crippen LogP contribution in [0.1, 0.15) is 35.3 Å². The summed E-state index contributed by atoms with van der Waals surface area (Å²) in [4.78, 5) is 64.3. The standard InChI is InChI=1S/C46H65N9O13/c1-4-16-66-33-46(34-67-17-5-2,35-68-18-6-3)55-40(57)13-19-60-21-23-62-25-27-64-29-30-65-28-26-63-24-22-61-20-15-48-39(56)8-7-14-49-43(58)36-9-11-37(12-10-36)50-31-38-32-51-42-41(52-38)44(59)54-45(47)53-42/h1-2,6,9-12,32,50H,3,7-8,13-31,33-35H2,(H,48,56)(H,49,58)(H,55,57)(H3,47,51,53,54,59). The van der Waals surface area contributed by atoms with E-state index in [1.807, 2.05) is 0 Å². The van der Waals surface area contributed by atoms with Crippen molar-refractivity contribution in [1.29, 1.82) is 0 Å². The van der Waals surface area contributed by atoms with Crippen molar-refractivity contribution in [2.75, 3.05) is 143 Å². The van der Waals surface area contributed by atoms with Crippen LogP contribution < -0.4 is 32.6 Å². The molecule has 0 radical (unpaired) electrons. The van der Waals surface area contributed by atoms with Gasteiger partial charge in [0.1, 0.15) is 18.8 Å². The second kappa shape index (κ2) is 35.1. The molecule has 0 aliphatic carbocycles. The third-order valence-corrected chi connectivity index (χ3v) is 9.02. The number of nitrogens with two attached hydrogens (primary N) is 1. The summed E-state index contributed by atoms with van der Waals surface area (Å²) in [6, 6.07) is 6.87. The van der Waals surface area contributed by atoms with Gasteiger partial charge in [-0.2, -0.15) is 4.98 Å². The highest BCUT2D eigenvalue weighted by atomic mass is 16.6. The quantitative estimate of drug-likeness (QED) is 0.0255. The predicted octanol–water partition coefficient (Wildman–Crippen LogP) is 0.381. The molecule has 2 aromatic heterocycles. The molecule has 0 saturated heterocycles. The minimum atomic E-state index is -0.994. The fourth-order valence-corrected chi connectivity index (χ4v) is 5.80. The molecule has 0 aliphatic heterocycles. The Morgan fingerprint density at radius 1 is 0.721 bits per heavy atom. The molecule has 0 aliphatic rings. The first-order valence-corrected chi connectivity index (χ1v) is 22.1. The molecular weight excluding hydrogens is 887 g/mol. The van der Waals surface area contributed by atoms with E-state index in [4.69, 9.17) is 61.2 Å². The van der Waals surface area contributed by atoms with Crippen LogP contribution in [0.5, 0.6) is 0 Å². The average Bonchev–Trinajstić information content (AvgIpc) is 3.33. The SMILES string of the molecule is C#CCOCC(COCC#C)(COCC=C)NC(=O)CCOCCOCCOCCOCCOCCOCCNC(=O)CCCNC(=O)c1ccc(NCc2cnc3nc(N)[nH]c(=O)c3n2)cc1. The fraction of sp³-hybridized carbons (Fsp3) is 0.543. The van der Waals surface area contributed by atoms with Crippen LogP contribution in [0.4, 0.5) is 11.6 Å². The summed E-state index contributed by atoms with van der Waals surface area (Å²) < 4.78 is 49.7. The Balaban J connectivity index is 1.07. The number of hydrogen-bond acceptors (Lipinski definition) is 18. The summed E-state index contributed by atoms with van der Waals surface area (Å²) in [6.45, 7) is 9.60. The van der Waals surface area contributed by atoms with Crippen LogP contribution in [0.2, 0.25) is 0 Å². The van der Waals surface area contributed by atoms with Crippen LogP contribution in [-0.4, -0.2) is 175 Å². The molecule has 0 unspecified atom stereocenters. The monoisotopic (exact) mass is 951 g/mol. The number of aromatic amines is 1. The minimum absolute atomic E-state index is 0.0303. The zero-order chi connectivity index (χ0) is 48.9. The molecular formula is C46H65N9O13. The number of hydrogen-bond donors (Lipinski definition) is 6. The summed E-state index contributed by atoms with van der Waals surface area (Å²) in [5.41, 5.74) is 6.08. The zero-order valence-corrected chi connectivity index (χ0v) is 38.5. The van der Waals surface area contributed by atoms with E-state index in [0.29, 0.717) is 110 Å². The second-order valence-electron chi connectivity index (χ2n) is 14.6. The number of nitrogen functional groups attached to an aromatic ring is 1. The van der Waals surface area contributed by atoms with Crippen molar-refractivity contribution in [3.05, 3.63) is 64.7 Å². The number of nitrogens with zero attached hydrogens (tertiary/aromatic N) is 3. The van der Waals surface area contributed by atoms with E-state index in [-0.39, 0.29) is 93.9 Å². The second-order valence-corrected chi connectivity index (χ2v) is 14.6. The summed E-state index contributed by atoms with van der Waals surface area (Å²) in [7, 11) is 0. The van der Waals surface area contributed by atoms with Gasteiger partial charge in [0.2, 0.25) is 17.8 Å². The Morgan fingerprint density at radius 3 is 1.88 bits per heavy atom.